The van der Waals surface area contributed by atoms with Gasteiger partial charge in [0, 0.05) is 23.3 Å². The summed E-state index contributed by atoms with van der Waals surface area (Å²) in [5, 5.41) is 0.404. The molecular weight excluding hydrogens is 321 g/mol. The van der Waals surface area contributed by atoms with Gasteiger partial charge >= 0.3 is 0 Å². The number of hydrogen-bond acceptors (Lipinski definition) is 2. The van der Waals surface area contributed by atoms with E-state index in [4.69, 9.17) is 11.6 Å². The second kappa shape index (κ2) is 5.59. The number of pyridine rings is 1. The zero-order valence-corrected chi connectivity index (χ0v) is 11.5. The Bertz CT molecular complexity index is 603. The maximum absolute atomic E-state index is 13.5. The van der Waals surface area contributed by atoms with Crippen LogP contribution < -0.4 is 0 Å². The molecule has 0 fully saturated rings. The number of Topliss-reactive ketones (excluding diaryl/α,β-unsaturated/α-hetero) is 1. The van der Waals surface area contributed by atoms with Crippen LogP contribution in [0.15, 0.2) is 41.1 Å². The average Bonchev–Trinajstić information content (AvgIpc) is 2.35. The molecule has 2 rings (SSSR count). The number of halogens is 3. The highest BCUT2D eigenvalue weighted by molar-refractivity contribution is 9.10. The number of ketones is 1. The lowest BCUT2D eigenvalue weighted by molar-refractivity contribution is 0.0989. The number of rotatable bonds is 3. The van der Waals surface area contributed by atoms with Gasteiger partial charge in [-0.15, -0.1) is 0 Å². The number of aromatic nitrogens is 1. The van der Waals surface area contributed by atoms with Gasteiger partial charge in [-0.1, -0.05) is 27.5 Å². The number of benzene rings is 1. The number of carbonyl (C=O) groups excluding carboxylic acids is 1. The monoisotopic (exact) mass is 327 g/mol. The normalized spacial score (nSPS) is 10.4. The first-order valence-electron chi connectivity index (χ1n) is 5.14. The summed E-state index contributed by atoms with van der Waals surface area (Å²) in [7, 11) is 0. The second-order valence-electron chi connectivity index (χ2n) is 3.69. The van der Waals surface area contributed by atoms with E-state index in [-0.39, 0.29) is 17.8 Å². The van der Waals surface area contributed by atoms with Crippen LogP contribution in [0.2, 0.25) is 5.02 Å². The lowest BCUT2D eigenvalue weighted by atomic mass is 10.0. The first-order chi connectivity index (χ1) is 8.58. The van der Waals surface area contributed by atoms with Crippen molar-refractivity contribution in [2.75, 3.05) is 0 Å². The van der Waals surface area contributed by atoms with Crippen molar-refractivity contribution in [3.8, 4) is 0 Å². The van der Waals surface area contributed by atoms with Gasteiger partial charge in [0.1, 0.15) is 5.82 Å². The molecule has 0 unspecified atom stereocenters. The summed E-state index contributed by atoms with van der Waals surface area (Å²) >= 11 is 9.12. The van der Waals surface area contributed by atoms with E-state index in [1.165, 1.54) is 18.3 Å². The molecule has 0 aliphatic heterocycles. The lowest BCUT2D eigenvalue weighted by Gasteiger charge is -2.05. The molecule has 0 aliphatic rings. The van der Waals surface area contributed by atoms with Crippen LogP contribution in [0.1, 0.15) is 15.9 Å². The molecule has 1 aromatic heterocycles. The maximum Gasteiger partial charge on any atom is 0.170 e. The average molecular weight is 329 g/mol. The minimum Gasteiger partial charge on any atom is -0.294 e. The molecule has 18 heavy (non-hydrogen) atoms. The SMILES string of the molecule is O=C(Cc1ccncc1Cl)c1cc(Br)ccc1F. The largest absolute Gasteiger partial charge is 0.294 e. The van der Waals surface area contributed by atoms with Crippen molar-refractivity contribution in [3.63, 3.8) is 0 Å². The van der Waals surface area contributed by atoms with E-state index in [9.17, 15) is 9.18 Å². The summed E-state index contributed by atoms with van der Waals surface area (Å²) in [4.78, 5) is 15.8. The van der Waals surface area contributed by atoms with E-state index in [0.29, 0.717) is 15.1 Å². The molecule has 5 heteroatoms. The highest BCUT2D eigenvalue weighted by atomic mass is 79.9. The molecule has 1 heterocycles. The van der Waals surface area contributed by atoms with E-state index >= 15 is 0 Å². The molecule has 0 amide bonds. The minimum absolute atomic E-state index is 0.0503. The van der Waals surface area contributed by atoms with Gasteiger partial charge in [0.15, 0.2) is 5.78 Å². The fraction of sp³-hybridized carbons (Fsp3) is 0.0769. The Morgan fingerprint density at radius 2 is 2.17 bits per heavy atom. The molecule has 1 aromatic carbocycles. The van der Waals surface area contributed by atoms with Crippen molar-refractivity contribution in [3.05, 3.63) is 63.1 Å². The van der Waals surface area contributed by atoms with Crippen molar-refractivity contribution in [2.24, 2.45) is 0 Å². The van der Waals surface area contributed by atoms with Crippen LogP contribution in [0.4, 0.5) is 4.39 Å². The molecule has 0 radical (unpaired) electrons. The Hall–Kier alpha value is -1.26. The Morgan fingerprint density at radius 1 is 1.39 bits per heavy atom. The quantitative estimate of drug-likeness (QED) is 0.795. The molecule has 0 aliphatic carbocycles. The van der Waals surface area contributed by atoms with E-state index in [1.54, 1.807) is 18.3 Å². The third kappa shape index (κ3) is 2.94. The van der Waals surface area contributed by atoms with Crippen LogP contribution in [0.3, 0.4) is 0 Å². The topological polar surface area (TPSA) is 30.0 Å². The fourth-order valence-electron chi connectivity index (χ4n) is 1.53. The number of carbonyl (C=O) groups is 1. The van der Waals surface area contributed by atoms with Gasteiger partial charge in [0.2, 0.25) is 0 Å². The van der Waals surface area contributed by atoms with E-state index in [1.807, 2.05) is 0 Å². The first kappa shape index (κ1) is 13.2. The summed E-state index contributed by atoms with van der Waals surface area (Å²) in [6, 6.07) is 5.92. The van der Waals surface area contributed by atoms with Crippen molar-refractivity contribution < 1.29 is 9.18 Å². The Labute approximate surface area is 117 Å². The maximum atomic E-state index is 13.5. The van der Waals surface area contributed by atoms with Crippen LogP contribution in [-0.2, 0) is 6.42 Å². The Kier molecular flexibility index (Phi) is 4.09. The van der Waals surface area contributed by atoms with E-state index < -0.39 is 5.82 Å². The molecule has 0 spiro atoms. The summed E-state index contributed by atoms with van der Waals surface area (Å²) in [5.41, 5.74) is 0.688. The predicted octanol–water partition coefficient (Wildman–Crippen LogP) is 4.06. The van der Waals surface area contributed by atoms with Gasteiger partial charge in [-0.25, -0.2) is 4.39 Å². The standard InChI is InChI=1S/C13H8BrClFNO/c14-9-1-2-12(16)10(6-9)13(18)5-8-3-4-17-7-11(8)15/h1-4,6-7H,5H2. The van der Waals surface area contributed by atoms with Crippen LogP contribution >= 0.6 is 27.5 Å². The molecule has 0 N–H and O–H groups in total. The molecule has 2 nitrogen and oxygen atoms in total. The van der Waals surface area contributed by atoms with Gasteiger partial charge in [-0.05, 0) is 29.8 Å². The van der Waals surface area contributed by atoms with Crippen molar-refractivity contribution in [1.82, 2.24) is 4.98 Å². The smallest absolute Gasteiger partial charge is 0.170 e. The summed E-state index contributed by atoms with van der Waals surface area (Å²) in [6.07, 6.45) is 3.06. The molecule has 0 saturated carbocycles. The summed E-state index contributed by atoms with van der Waals surface area (Å²) in [6.45, 7) is 0. The third-order valence-corrected chi connectivity index (χ3v) is 3.27. The Balaban J connectivity index is 2.28. The zero-order chi connectivity index (χ0) is 13.1. The Morgan fingerprint density at radius 3 is 2.89 bits per heavy atom. The van der Waals surface area contributed by atoms with Gasteiger partial charge in [-0.3, -0.25) is 9.78 Å². The van der Waals surface area contributed by atoms with E-state index in [2.05, 4.69) is 20.9 Å². The van der Waals surface area contributed by atoms with Crippen molar-refractivity contribution >= 4 is 33.3 Å². The van der Waals surface area contributed by atoms with Crippen LogP contribution in [0.5, 0.6) is 0 Å². The van der Waals surface area contributed by atoms with E-state index in [0.717, 1.165) is 0 Å². The van der Waals surface area contributed by atoms with Gasteiger partial charge in [-0.2, -0.15) is 0 Å². The molecule has 0 atom stereocenters. The highest BCUT2D eigenvalue weighted by Crippen LogP contribution is 2.20. The molecular formula is C13H8BrClFNO. The number of hydrogen-bond donors (Lipinski definition) is 0. The van der Waals surface area contributed by atoms with Crippen LogP contribution in [-0.4, -0.2) is 10.8 Å². The van der Waals surface area contributed by atoms with Crippen LogP contribution in [0, 0.1) is 5.82 Å². The van der Waals surface area contributed by atoms with Gasteiger partial charge in [0.25, 0.3) is 0 Å². The van der Waals surface area contributed by atoms with Crippen molar-refractivity contribution in [1.29, 1.82) is 0 Å². The second-order valence-corrected chi connectivity index (χ2v) is 5.01. The lowest BCUT2D eigenvalue weighted by Crippen LogP contribution is -2.06. The predicted molar refractivity (Wildman–Crippen MR) is 71.4 cm³/mol. The summed E-state index contributed by atoms with van der Waals surface area (Å²) < 4.78 is 14.2. The minimum atomic E-state index is -0.534. The highest BCUT2D eigenvalue weighted by Gasteiger charge is 2.14. The fourth-order valence-corrected chi connectivity index (χ4v) is 2.07. The summed E-state index contributed by atoms with van der Waals surface area (Å²) in [5.74, 6) is -0.852. The van der Waals surface area contributed by atoms with Gasteiger partial charge < -0.3 is 0 Å². The molecule has 0 saturated heterocycles. The van der Waals surface area contributed by atoms with Crippen molar-refractivity contribution in [2.45, 2.75) is 6.42 Å². The van der Waals surface area contributed by atoms with Gasteiger partial charge in [0.05, 0.1) is 10.6 Å². The third-order valence-electron chi connectivity index (χ3n) is 2.44. The van der Waals surface area contributed by atoms with Crippen LogP contribution in [0.25, 0.3) is 0 Å². The molecule has 92 valence electrons. The molecule has 0 bridgehead atoms. The zero-order valence-electron chi connectivity index (χ0n) is 9.16. The number of nitrogens with zero attached hydrogens (tertiary/aromatic N) is 1. The first-order valence-corrected chi connectivity index (χ1v) is 6.31. The molecule has 2 aromatic rings.